The van der Waals surface area contributed by atoms with Crippen LogP contribution in [-0.2, 0) is 17.6 Å². The fraction of sp³-hybridized carbons (Fsp3) is 0.348. The molecule has 4 aromatic rings. The van der Waals surface area contributed by atoms with E-state index in [0.29, 0.717) is 47.8 Å². The van der Waals surface area contributed by atoms with Crippen LogP contribution in [0.15, 0.2) is 45.8 Å². The van der Waals surface area contributed by atoms with E-state index in [-0.39, 0.29) is 11.5 Å². The number of furan rings is 1. The van der Waals surface area contributed by atoms with Crippen molar-refractivity contribution in [2.24, 2.45) is 0 Å². The van der Waals surface area contributed by atoms with Gasteiger partial charge in [-0.3, -0.25) is 14.0 Å². The van der Waals surface area contributed by atoms with Crippen LogP contribution in [-0.4, -0.2) is 40.9 Å². The zero-order valence-electron chi connectivity index (χ0n) is 18.5. The molecule has 1 amide bonds. The maximum atomic E-state index is 13.1. The maximum absolute atomic E-state index is 13.1. The van der Waals surface area contributed by atoms with Gasteiger partial charge in [0.25, 0.3) is 5.56 Å². The van der Waals surface area contributed by atoms with Gasteiger partial charge in [0.05, 0.1) is 26.0 Å². The van der Waals surface area contributed by atoms with Gasteiger partial charge in [-0.2, -0.15) is 5.10 Å². The Labute approximate surface area is 184 Å². The Kier molecular flexibility index (Phi) is 5.89. The van der Waals surface area contributed by atoms with E-state index in [4.69, 9.17) is 13.9 Å². The van der Waals surface area contributed by atoms with E-state index in [1.165, 1.54) is 4.68 Å². The van der Waals surface area contributed by atoms with Crippen molar-refractivity contribution in [3.05, 3.63) is 58.3 Å². The number of methoxy groups -OCH3 is 2. The summed E-state index contributed by atoms with van der Waals surface area (Å²) in [4.78, 5) is 25.9. The predicted molar refractivity (Wildman–Crippen MR) is 120 cm³/mol. The van der Waals surface area contributed by atoms with E-state index in [9.17, 15) is 9.59 Å². The van der Waals surface area contributed by atoms with Gasteiger partial charge >= 0.3 is 0 Å². The quantitative estimate of drug-likeness (QED) is 0.454. The highest BCUT2D eigenvalue weighted by atomic mass is 16.5. The number of nitrogens with zero attached hydrogens (tertiary/aromatic N) is 3. The fourth-order valence-electron chi connectivity index (χ4n) is 3.82. The normalized spacial score (nSPS) is 12.2. The number of aryl methyl sites for hydroxylation is 1. The Hall–Kier alpha value is -3.75. The van der Waals surface area contributed by atoms with Crippen LogP contribution >= 0.6 is 0 Å². The van der Waals surface area contributed by atoms with Gasteiger partial charge in [0.2, 0.25) is 5.91 Å². The van der Waals surface area contributed by atoms with Crippen molar-refractivity contribution in [1.82, 2.24) is 19.5 Å². The number of fused-ring (bicyclic) bond motifs is 3. The second kappa shape index (κ2) is 8.78. The molecule has 0 fully saturated rings. The molecule has 1 atom stereocenters. The van der Waals surface area contributed by atoms with Crippen molar-refractivity contribution in [2.45, 2.75) is 32.7 Å². The molecule has 1 aromatic carbocycles. The first-order valence-electron chi connectivity index (χ1n) is 10.5. The number of hydrogen-bond acceptors (Lipinski definition) is 6. The van der Waals surface area contributed by atoms with E-state index >= 15 is 0 Å². The summed E-state index contributed by atoms with van der Waals surface area (Å²) in [5.41, 5.74) is 2.45. The number of nitrogens with one attached hydrogen (secondary N) is 1. The lowest BCUT2D eigenvalue weighted by molar-refractivity contribution is -0.124. The molecule has 0 radical (unpaired) electrons. The molecule has 3 aromatic heterocycles. The SMILES string of the molecule is CCc1nn(C(C)C(=O)NCCc2ccc(OC)cc2OC)c(=O)c2cc3occc3n12. The molecule has 32 heavy (non-hydrogen) atoms. The highest BCUT2D eigenvalue weighted by Gasteiger charge is 2.22. The number of hydrogen-bond donors (Lipinski definition) is 1. The summed E-state index contributed by atoms with van der Waals surface area (Å²) in [6.07, 6.45) is 2.75. The highest BCUT2D eigenvalue weighted by molar-refractivity contribution is 5.83. The van der Waals surface area contributed by atoms with Gasteiger partial charge in [0.1, 0.15) is 28.9 Å². The van der Waals surface area contributed by atoms with Crippen molar-refractivity contribution in [3.8, 4) is 11.5 Å². The van der Waals surface area contributed by atoms with Crippen molar-refractivity contribution in [1.29, 1.82) is 0 Å². The lowest BCUT2D eigenvalue weighted by Crippen LogP contribution is -2.39. The average Bonchev–Trinajstić information content (AvgIpc) is 3.41. The predicted octanol–water partition coefficient (Wildman–Crippen LogP) is 2.74. The molecule has 168 valence electrons. The molecule has 9 heteroatoms. The molecule has 0 bridgehead atoms. The molecular formula is C23H26N4O5. The topological polar surface area (TPSA) is 100 Å². The lowest BCUT2D eigenvalue weighted by atomic mass is 10.1. The smallest absolute Gasteiger partial charge is 0.291 e. The van der Waals surface area contributed by atoms with E-state index < -0.39 is 6.04 Å². The van der Waals surface area contributed by atoms with Crippen LogP contribution < -0.4 is 20.3 Å². The zero-order valence-corrected chi connectivity index (χ0v) is 18.5. The third kappa shape index (κ3) is 3.70. The number of benzene rings is 1. The van der Waals surface area contributed by atoms with Gasteiger partial charge in [0.15, 0.2) is 5.58 Å². The summed E-state index contributed by atoms with van der Waals surface area (Å²) >= 11 is 0. The van der Waals surface area contributed by atoms with Gasteiger partial charge in [-0.25, -0.2) is 4.68 Å². The summed E-state index contributed by atoms with van der Waals surface area (Å²) in [7, 11) is 3.19. The molecule has 0 saturated carbocycles. The minimum Gasteiger partial charge on any atom is -0.497 e. The standard InChI is InChI=1S/C23H26N4O5/c1-5-21-25-27(23(29)18-13-20-17(26(18)21)9-11-32-20)14(2)22(28)24-10-8-15-6-7-16(30-3)12-19(15)31-4/h6-7,9,11-14H,5,8,10H2,1-4H3,(H,24,28). The van der Waals surface area contributed by atoms with Crippen molar-refractivity contribution >= 4 is 22.5 Å². The molecule has 0 aliphatic rings. The summed E-state index contributed by atoms with van der Waals surface area (Å²) in [5, 5.41) is 7.38. The third-order valence-electron chi connectivity index (χ3n) is 5.58. The Balaban J connectivity index is 1.53. The van der Waals surface area contributed by atoms with E-state index in [0.717, 1.165) is 11.1 Å². The maximum Gasteiger partial charge on any atom is 0.291 e. The van der Waals surface area contributed by atoms with Gasteiger partial charge in [-0.1, -0.05) is 13.0 Å². The van der Waals surface area contributed by atoms with Crippen LogP contribution in [0, 0.1) is 0 Å². The summed E-state index contributed by atoms with van der Waals surface area (Å²) in [6.45, 7) is 4.01. The molecule has 0 aliphatic carbocycles. The largest absolute Gasteiger partial charge is 0.497 e. The lowest BCUT2D eigenvalue weighted by Gasteiger charge is -2.16. The minimum atomic E-state index is -0.767. The molecule has 9 nitrogen and oxygen atoms in total. The van der Waals surface area contributed by atoms with Crippen LogP contribution in [0.3, 0.4) is 0 Å². The number of amides is 1. The molecule has 1 N–H and O–H groups in total. The van der Waals surface area contributed by atoms with Crippen LogP contribution in [0.4, 0.5) is 0 Å². The third-order valence-corrected chi connectivity index (χ3v) is 5.58. The monoisotopic (exact) mass is 438 g/mol. The molecule has 1 unspecified atom stereocenters. The van der Waals surface area contributed by atoms with Crippen molar-refractivity contribution < 1.29 is 18.7 Å². The van der Waals surface area contributed by atoms with Gasteiger partial charge in [0, 0.05) is 31.2 Å². The molecule has 4 rings (SSSR count). The Morgan fingerprint density at radius 3 is 2.72 bits per heavy atom. The van der Waals surface area contributed by atoms with E-state index in [1.807, 2.05) is 19.1 Å². The Bertz CT molecular complexity index is 1330. The van der Waals surface area contributed by atoms with E-state index in [2.05, 4.69) is 10.4 Å². The van der Waals surface area contributed by atoms with Crippen LogP contribution in [0.5, 0.6) is 11.5 Å². The number of rotatable bonds is 8. The van der Waals surface area contributed by atoms with Crippen LogP contribution in [0.1, 0.15) is 31.3 Å². The minimum absolute atomic E-state index is 0.284. The number of aromatic nitrogens is 3. The summed E-state index contributed by atoms with van der Waals surface area (Å²) < 4.78 is 19.1. The highest BCUT2D eigenvalue weighted by Crippen LogP contribution is 2.25. The number of ether oxygens (including phenoxy) is 2. The van der Waals surface area contributed by atoms with Gasteiger partial charge in [-0.05, 0) is 25.0 Å². The van der Waals surface area contributed by atoms with Crippen LogP contribution in [0.2, 0.25) is 0 Å². The first kappa shape index (κ1) is 21.5. The molecule has 0 spiro atoms. The number of carbonyl (C=O) groups is 1. The fourth-order valence-corrected chi connectivity index (χ4v) is 3.82. The van der Waals surface area contributed by atoms with Gasteiger partial charge in [-0.15, -0.1) is 0 Å². The second-order valence-electron chi connectivity index (χ2n) is 7.45. The van der Waals surface area contributed by atoms with E-state index in [1.54, 1.807) is 50.0 Å². The molecule has 0 saturated heterocycles. The van der Waals surface area contributed by atoms with Gasteiger partial charge < -0.3 is 19.2 Å². The first-order valence-corrected chi connectivity index (χ1v) is 10.5. The summed E-state index contributed by atoms with van der Waals surface area (Å²) in [5.74, 6) is 1.79. The molecule has 3 heterocycles. The second-order valence-corrected chi connectivity index (χ2v) is 7.45. The Morgan fingerprint density at radius 1 is 1.19 bits per heavy atom. The molecular weight excluding hydrogens is 412 g/mol. The van der Waals surface area contributed by atoms with Crippen LogP contribution in [0.25, 0.3) is 16.6 Å². The Morgan fingerprint density at radius 2 is 2.00 bits per heavy atom. The summed E-state index contributed by atoms with van der Waals surface area (Å²) in [6, 6.07) is 8.28. The zero-order chi connectivity index (χ0) is 22.8. The molecule has 0 aliphatic heterocycles. The first-order chi connectivity index (χ1) is 15.5. The average molecular weight is 438 g/mol. The van der Waals surface area contributed by atoms with Crippen molar-refractivity contribution in [2.75, 3.05) is 20.8 Å². The van der Waals surface area contributed by atoms with Crippen molar-refractivity contribution in [3.63, 3.8) is 0 Å². The number of carbonyl (C=O) groups excluding carboxylic acids is 1.